The molecule has 0 fully saturated rings. The smallest absolute Gasteiger partial charge is 0.258 e. The molecule has 2 rings (SSSR count). The van der Waals surface area contributed by atoms with Crippen molar-refractivity contribution in [1.29, 1.82) is 0 Å². The van der Waals surface area contributed by atoms with Gasteiger partial charge >= 0.3 is 0 Å². The van der Waals surface area contributed by atoms with Crippen molar-refractivity contribution in [3.05, 3.63) is 35.2 Å². The van der Waals surface area contributed by atoms with Crippen molar-refractivity contribution in [2.75, 3.05) is 13.2 Å². The molecular formula is C14H19N3O2. The van der Waals surface area contributed by atoms with Gasteiger partial charge in [-0.25, -0.2) is 0 Å². The molecule has 1 aromatic heterocycles. The third-order valence-corrected chi connectivity index (χ3v) is 3.11. The first-order valence-corrected chi connectivity index (χ1v) is 6.37. The number of hydrogen-bond donors (Lipinski definition) is 1. The van der Waals surface area contributed by atoms with Gasteiger partial charge < -0.3 is 15.0 Å². The molecule has 2 aromatic rings. The third-order valence-electron chi connectivity index (χ3n) is 3.11. The third kappa shape index (κ3) is 3.00. The Morgan fingerprint density at radius 1 is 1.37 bits per heavy atom. The molecule has 0 saturated carbocycles. The fraction of sp³-hybridized carbons (Fsp3) is 0.429. The van der Waals surface area contributed by atoms with Crippen LogP contribution >= 0.6 is 0 Å². The van der Waals surface area contributed by atoms with Gasteiger partial charge in [-0.3, -0.25) is 0 Å². The van der Waals surface area contributed by atoms with Crippen LogP contribution in [0.25, 0.3) is 11.5 Å². The Kier molecular flexibility index (Phi) is 4.29. The molecule has 0 aliphatic rings. The summed E-state index contributed by atoms with van der Waals surface area (Å²) in [5, 5.41) is 3.93. The van der Waals surface area contributed by atoms with E-state index in [1.807, 2.05) is 26.0 Å². The van der Waals surface area contributed by atoms with E-state index < -0.39 is 0 Å². The summed E-state index contributed by atoms with van der Waals surface area (Å²) in [4.78, 5) is 4.35. The van der Waals surface area contributed by atoms with Crippen LogP contribution in [-0.2, 0) is 4.74 Å². The molecule has 1 aromatic carbocycles. The van der Waals surface area contributed by atoms with Gasteiger partial charge in [0.15, 0.2) is 5.82 Å². The van der Waals surface area contributed by atoms with Gasteiger partial charge in [0, 0.05) is 12.2 Å². The van der Waals surface area contributed by atoms with Crippen LogP contribution in [0.2, 0.25) is 0 Å². The quantitative estimate of drug-likeness (QED) is 0.894. The molecule has 1 atom stereocenters. The van der Waals surface area contributed by atoms with Crippen LogP contribution in [0.4, 0.5) is 0 Å². The van der Waals surface area contributed by atoms with Crippen LogP contribution in [0.15, 0.2) is 22.7 Å². The summed E-state index contributed by atoms with van der Waals surface area (Å²) in [5.41, 5.74) is 9.20. The molecule has 0 amide bonds. The van der Waals surface area contributed by atoms with Crippen molar-refractivity contribution in [1.82, 2.24) is 10.1 Å². The van der Waals surface area contributed by atoms with Crippen LogP contribution < -0.4 is 5.73 Å². The molecule has 0 bridgehead atoms. The average Bonchev–Trinajstić information content (AvgIpc) is 2.88. The van der Waals surface area contributed by atoms with Crippen LogP contribution in [-0.4, -0.2) is 23.4 Å². The van der Waals surface area contributed by atoms with Gasteiger partial charge in [-0.2, -0.15) is 4.98 Å². The first-order valence-electron chi connectivity index (χ1n) is 6.37. The van der Waals surface area contributed by atoms with Gasteiger partial charge in [0.25, 0.3) is 5.89 Å². The Morgan fingerprint density at radius 2 is 2.16 bits per heavy atom. The topological polar surface area (TPSA) is 74.2 Å². The Morgan fingerprint density at radius 3 is 2.89 bits per heavy atom. The lowest BCUT2D eigenvalue weighted by Crippen LogP contribution is -2.18. The first kappa shape index (κ1) is 13.7. The summed E-state index contributed by atoms with van der Waals surface area (Å²) in [5.74, 6) is 0.979. The molecule has 5 nitrogen and oxygen atoms in total. The number of hydrogen-bond acceptors (Lipinski definition) is 5. The second kappa shape index (κ2) is 5.95. The minimum Gasteiger partial charge on any atom is -0.380 e. The maximum absolute atomic E-state index is 5.93. The fourth-order valence-electron chi connectivity index (χ4n) is 1.80. The van der Waals surface area contributed by atoms with E-state index >= 15 is 0 Å². The lowest BCUT2D eigenvalue weighted by Gasteiger charge is -2.06. The van der Waals surface area contributed by atoms with Crippen molar-refractivity contribution in [2.45, 2.75) is 26.8 Å². The summed E-state index contributed by atoms with van der Waals surface area (Å²) in [6.07, 6.45) is 0. The molecule has 102 valence electrons. The Bertz CT molecular complexity index is 551. The molecular weight excluding hydrogens is 242 g/mol. The minimum atomic E-state index is -0.359. The van der Waals surface area contributed by atoms with Gasteiger partial charge in [-0.05, 0) is 38.0 Å². The molecule has 1 heterocycles. The average molecular weight is 261 g/mol. The predicted octanol–water partition coefficient (Wildman–Crippen LogP) is 2.39. The van der Waals surface area contributed by atoms with E-state index in [2.05, 4.69) is 23.1 Å². The highest BCUT2D eigenvalue weighted by molar-refractivity contribution is 5.60. The standard InChI is InChI=1S/C14H19N3O2/c1-4-18-8-12(15)13-16-14(19-17-13)11-7-5-6-9(2)10(11)3/h5-7,12H,4,8,15H2,1-3H3. The van der Waals surface area contributed by atoms with Crippen LogP contribution in [0, 0.1) is 13.8 Å². The van der Waals surface area contributed by atoms with Crippen LogP contribution in [0.1, 0.15) is 29.9 Å². The number of nitrogens with two attached hydrogens (primary N) is 1. The highest BCUT2D eigenvalue weighted by Gasteiger charge is 2.16. The van der Waals surface area contributed by atoms with Gasteiger partial charge in [0.2, 0.25) is 0 Å². The summed E-state index contributed by atoms with van der Waals surface area (Å²) in [6, 6.07) is 5.63. The van der Waals surface area contributed by atoms with Gasteiger partial charge in [0.05, 0.1) is 12.6 Å². The normalized spacial score (nSPS) is 12.6. The molecule has 19 heavy (non-hydrogen) atoms. The number of aromatic nitrogens is 2. The van der Waals surface area contributed by atoms with Crippen LogP contribution in [0.5, 0.6) is 0 Å². The lowest BCUT2D eigenvalue weighted by molar-refractivity contribution is 0.130. The number of benzene rings is 1. The zero-order valence-electron chi connectivity index (χ0n) is 11.5. The van der Waals surface area contributed by atoms with E-state index in [1.54, 1.807) is 0 Å². The summed E-state index contributed by atoms with van der Waals surface area (Å²) in [6.45, 7) is 7.02. The first-order chi connectivity index (χ1) is 9.13. The largest absolute Gasteiger partial charge is 0.380 e. The van der Waals surface area contributed by atoms with Crippen molar-refractivity contribution in [2.24, 2.45) is 5.73 Å². The number of ether oxygens (including phenoxy) is 1. The Hall–Kier alpha value is -1.72. The fourth-order valence-corrected chi connectivity index (χ4v) is 1.80. The summed E-state index contributed by atoms with van der Waals surface area (Å²) in [7, 11) is 0. The van der Waals surface area contributed by atoms with E-state index in [-0.39, 0.29) is 6.04 Å². The van der Waals surface area contributed by atoms with Crippen molar-refractivity contribution in [3.8, 4) is 11.5 Å². The SMILES string of the molecule is CCOCC(N)c1noc(-c2cccc(C)c2C)n1. The zero-order chi connectivity index (χ0) is 13.8. The number of nitrogens with zero attached hydrogens (tertiary/aromatic N) is 2. The van der Waals surface area contributed by atoms with Gasteiger partial charge in [-0.15, -0.1) is 0 Å². The Labute approximate surface area is 112 Å². The molecule has 1 unspecified atom stereocenters. The molecule has 5 heteroatoms. The summed E-state index contributed by atoms with van der Waals surface area (Å²) < 4.78 is 10.6. The molecule has 0 spiro atoms. The summed E-state index contributed by atoms with van der Waals surface area (Å²) >= 11 is 0. The molecule has 0 radical (unpaired) electrons. The molecule has 0 saturated heterocycles. The van der Waals surface area contributed by atoms with E-state index in [0.29, 0.717) is 24.9 Å². The second-order valence-corrected chi connectivity index (χ2v) is 4.47. The number of rotatable bonds is 5. The van der Waals surface area contributed by atoms with E-state index in [1.165, 1.54) is 5.56 Å². The van der Waals surface area contributed by atoms with Gasteiger partial charge in [0.1, 0.15) is 0 Å². The highest BCUT2D eigenvalue weighted by Crippen LogP contribution is 2.24. The van der Waals surface area contributed by atoms with Crippen molar-refractivity contribution >= 4 is 0 Å². The molecule has 0 aliphatic carbocycles. The highest BCUT2D eigenvalue weighted by atomic mass is 16.5. The second-order valence-electron chi connectivity index (χ2n) is 4.47. The molecule has 2 N–H and O–H groups in total. The number of aryl methyl sites for hydroxylation is 1. The van der Waals surface area contributed by atoms with Crippen molar-refractivity contribution in [3.63, 3.8) is 0 Å². The lowest BCUT2D eigenvalue weighted by atomic mass is 10.0. The van der Waals surface area contributed by atoms with Gasteiger partial charge in [-0.1, -0.05) is 17.3 Å². The van der Waals surface area contributed by atoms with Crippen LogP contribution in [0.3, 0.4) is 0 Å². The van der Waals surface area contributed by atoms with E-state index in [4.69, 9.17) is 15.0 Å². The van der Waals surface area contributed by atoms with E-state index in [9.17, 15) is 0 Å². The zero-order valence-corrected chi connectivity index (χ0v) is 11.5. The van der Waals surface area contributed by atoms with E-state index in [0.717, 1.165) is 11.1 Å². The maximum Gasteiger partial charge on any atom is 0.258 e. The maximum atomic E-state index is 5.93. The monoisotopic (exact) mass is 261 g/mol. The molecule has 0 aliphatic heterocycles. The Balaban J connectivity index is 2.23. The van der Waals surface area contributed by atoms with Crippen molar-refractivity contribution < 1.29 is 9.26 Å². The minimum absolute atomic E-state index is 0.359. The predicted molar refractivity (Wildman–Crippen MR) is 72.6 cm³/mol.